The number of furan rings is 1. The summed E-state index contributed by atoms with van der Waals surface area (Å²) in [5.74, 6) is 0.231. The van der Waals surface area contributed by atoms with Crippen molar-refractivity contribution in [3.05, 3.63) is 58.2 Å². The average Bonchev–Trinajstić information content (AvgIpc) is 2.98. The van der Waals surface area contributed by atoms with E-state index in [1.165, 1.54) is 6.07 Å². The average molecular weight is 247 g/mol. The van der Waals surface area contributed by atoms with Gasteiger partial charge in [0.25, 0.3) is 0 Å². The molecule has 1 aromatic carbocycles. The number of rotatable bonds is 2. The Kier molecular flexibility index (Phi) is 2.46. The van der Waals surface area contributed by atoms with E-state index in [1.54, 1.807) is 23.5 Å². The molecule has 0 saturated carbocycles. The van der Waals surface area contributed by atoms with Gasteiger partial charge < -0.3 is 10.2 Å². The lowest BCUT2D eigenvalue weighted by atomic mass is 10.1. The third-order valence-corrected chi connectivity index (χ3v) is 3.43. The number of hydrogen-bond acceptors (Lipinski definition) is 3. The molecule has 1 atom stereocenters. The minimum absolute atomic E-state index is 0.271. The molecule has 3 rings (SSSR count). The Morgan fingerprint density at radius 3 is 2.88 bits per heavy atom. The topological polar surface area (TPSA) is 39.2 Å². The highest BCUT2D eigenvalue weighted by atomic mass is 32.1. The Morgan fingerprint density at radius 1 is 1.29 bits per heavy atom. The first-order chi connectivity index (χ1) is 8.25. The molecule has 17 heavy (non-hydrogen) atoms. The Morgan fingerprint density at radius 2 is 2.18 bits per heavy atom. The summed E-state index contributed by atoms with van der Waals surface area (Å²) in [7, 11) is 0. The highest BCUT2D eigenvalue weighted by Crippen LogP contribution is 2.28. The molecule has 0 aliphatic rings. The smallest absolute Gasteiger partial charge is 0.169 e. The molecule has 3 aromatic rings. The Hall–Kier alpha value is -1.65. The van der Waals surface area contributed by atoms with Gasteiger partial charge in [-0.15, -0.1) is 0 Å². The van der Waals surface area contributed by atoms with Crippen LogP contribution in [0.5, 0.6) is 0 Å². The lowest BCUT2D eigenvalue weighted by Crippen LogP contribution is -2.09. The number of para-hydroxylation sites is 1. The van der Waals surface area contributed by atoms with E-state index >= 15 is 0 Å². The third-order valence-electron chi connectivity index (χ3n) is 2.72. The molecule has 2 heterocycles. The van der Waals surface area contributed by atoms with Crippen LogP contribution >= 0.6 is 11.3 Å². The molecule has 0 saturated heterocycles. The largest absolute Gasteiger partial charge is 0.456 e. The summed E-state index contributed by atoms with van der Waals surface area (Å²) < 4.78 is 19.0. The van der Waals surface area contributed by atoms with E-state index in [0.717, 1.165) is 10.9 Å². The number of nitrogens with two attached hydrogens (primary N) is 1. The first kappa shape index (κ1) is 10.5. The monoisotopic (exact) mass is 247 g/mol. The van der Waals surface area contributed by atoms with Crippen molar-refractivity contribution in [2.24, 2.45) is 5.73 Å². The van der Waals surface area contributed by atoms with Crippen LogP contribution in [0.1, 0.15) is 17.4 Å². The molecule has 4 heteroatoms. The van der Waals surface area contributed by atoms with Gasteiger partial charge in [0.1, 0.15) is 5.76 Å². The summed E-state index contributed by atoms with van der Waals surface area (Å²) in [6.07, 6.45) is 0. The molecule has 2 N–H and O–H groups in total. The second-order valence-corrected chi connectivity index (χ2v) is 4.62. The third kappa shape index (κ3) is 1.75. The molecule has 2 nitrogen and oxygen atoms in total. The normalized spacial score (nSPS) is 13.1. The van der Waals surface area contributed by atoms with E-state index in [0.29, 0.717) is 5.76 Å². The second-order valence-electron chi connectivity index (χ2n) is 3.84. The van der Waals surface area contributed by atoms with Crippen molar-refractivity contribution in [1.82, 2.24) is 0 Å². The molecule has 0 bridgehead atoms. The summed E-state index contributed by atoms with van der Waals surface area (Å²) in [4.78, 5) is 0. The highest BCUT2D eigenvalue weighted by molar-refractivity contribution is 7.08. The fourth-order valence-electron chi connectivity index (χ4n) is 1.82. The standard InChI is InChI=1S/C13H10FNOS/c14-10-3-1-2-8-6-11(16-13(8)10)12(15)9-4-5-17-7-9/h1-7,12H,15H2. The van der Waals surface area contributed by atoms with Gasteiger partial charge >= 0.3 is 0 Å². The van der Waals surface area contributed by atoms with Gasteiger partial charge in [0.15, 0.2) is 11.4 Å². The zero-order valence-electron chi connectivity index (χ0n) is 8.89. The second kappa shape index (κ2) is 3.98. The molecule has 0 amide bonds. The van der Waals surface area contributed by atoms with Gasteiger partial charge in [-0.05, 0) is 34.5 Å². The highest BCUT2D eigenvalue weighted by Gasteiger charge is 2.15. The fourth-order valence-corrected chi connectivity index (χ4v) is 2.51. The molecular weight excluding hydrogens is 237 g/mol. The van der Waals surface area contributed by atoms with Crippen LogP contribution < -0.4 is 5.73 Å². The van der Waals surface area contributed by atoms with Crippen LogP contribution in [0.15, 0.2) is 45.5 Å². The van der Waals surface area contributed by atoms with Crippen molar-refractivity contribution in [2.45, 2.75) is 6.04 Å². The predicted octanol–water partition coefficient (Wildman–Crippen LogP) is 3.68. The van der Waals surface area contributed by atoms with Crippen LogP contribution in [0.25, 0.3) is 11.0 Å². The maximum atomic E-state index is 13.5. The van der Waals surface area contributed by atoms with Gasteiger partial charge in [0.2, 0.25) is 0 Å². The van der Waals surface area contributed by atoms with Crippen molar-refractivity contribution in [3.8, 4) is 0 Å². The number of fused-ring (bicyclic) bond motifs is 1. The number of hydrogen-bond donors (Lipinski definition) is 1. The van der Waals surface area contributed by atoms with Crippen LogP contribution in [-0.2, 0) is 0 Å². The van der Waals surface area contributed by atoms with E-state index in [2.05, 4.69) is 0 Å². The lowest BCUT2D eigenvalue weighted by molar-refractivity contribution is 0.502. The summed E-state index contributed by atoms with van der Waals surface area (Å²) >= 11 is 1.58. The molecule has 86 valence electrons. The van der Waals surface area contributed by atoms with Crippen LogP contribution in [0.4, 0.5) is 4.39 Å². The van der Waals surface area contributed by atoms with E-state index in [-0.39, 0.29) is 17.4 Å². The van der Waals surface area contributed by atoms with Crippen LogP contribution in [0, 0.1) is 5.82 Å². The van der Waals surface area contributed by atoms with Crippen molar-refractivity contribution < 1.29 is 8.81 Å². The molecule has 0 spiro atoms. The van der Waals surface area contributed by atoms with Gasteiger partial charge in [-0.2, -0.15) is 11.3 Å². The first-order valence-electron chi connectivity index (χ1n) is 5.21. The first-order valence-corrected chi connectivity index (χ1v) is 6.15. The minimum atomic E-state index is -0.355. The van der Waals surface area contributed by atoms with Gasteiger partial charge in [0.05, 0.1) is 6.04 Å². The number of halogens is 1. The molecule has 1 unspecified atom stereocenters. The molecular formula is C13H10FNOS. The predicted molar refractivity (Wildman–Crippen MR) is 66.5 cm³/mol. The van der Waals surface area contributed by atoms with Crippen molar-refractivity contribution >= 4 is 22.3 Å². The van der Waals surface area contributed by atoms with E-state index in [4.69, 9.17) is 10.2 Å². The fraction of sp³-hybridized carbons (Fsp3) is 0.0769. The summed E-state index contributed by atoms with van der Waals surface area (Å²) in [5, 5.41) is 4.66. The maximum absolute atomic E-state index is 13.5. The number of benzene rings is 1. The molecule has 0 radical (unpaired) electrons. The minimum Gasteiger partial charge on any atom is -0.456 e. The van der Waals surface area contributed by atoms with Crippen molar-refractivity contribution in [1.29, 1.82) is 0 Å². The maximum Gasteiger partial charge on any atom is 0.169 e. The van der Waals surface area contributed by atoms with Crippen molar-refractivity contribution in [3.63, 3.8) is 0 Å². The quantitative estimate of drug-likeness (QED) is 0.750. The van der Waals surface area contributed by atoms with Crippen molar-refractivity contribution in [2.75, 3.05) is 0 Å². The Balaban J connectivity index is 2.10. The van der Waals surface area contributed by atoms with Crippen LogP contribution in [0.2, 0.25) is 0 Å². The lowest BCUT2D eigenvalue weighted by Gasteiger charge is -2.04. The van der Waals surface area contributed by atoms with Gasteiger partial charge in [-0.1, -0.05) is 12.1 Å². The van der Waals surface area contributed by atoms with Gasteiger partial charge in [-0.3, -0.25) is 0 Å². The molecule has 0 fully saturated rings. The van der Waals surface area contributed by atoms with E-state index < -0.39 is 0 Å². The Labute approximate surface area is 101 Å². The van der Waals surface area contributed by atoms with Crippen LogP contribution in [-0.4, -0.2) is 0 Å². The van der Waals surface area contributed by atoms with Gasteiger partial charge in [0, 0.05) is 5.39 Å². The summed E-state index contributed by atoms with van der Waals surface area (Å²) in [6.45, 7) is 0. The zero-order chi connectivity index (χ0) is 11.8. The molecule has 0 aliphatic heterocycles. The van der Waals surface area contributed by atoms with Crippen LogP contribution in [0.3, 0.4) is 0 Å². The SMILES string of the molecule is NC(c1ccsc1)c1cc2cccc(F)c2o1. The Bertz CT molecular complexity index is 645. The number of thiophene rings is 1. The summed E-state index contributed by atoms with van der Waals surface area (Å²) in [5.41, 5.74) is 7.32. The summed E-state index contributed by atoms with van der Waals surface area (Å²) in [6, 6.07) is 8.25. The van der Waals surface area contributed by atoms with E-state index in [1.807, 2.05) is 22.9 Å². The van der Waals surface area contributed by atoms with E-state index in [9.17, 15) is 4.39 Å². The molecule has 2 aromatic heterocycles. The molecule has 0 aliphatic carbocycles. The van der Waals surface area contributed by atoms with Gasteiger partial charge in [-0.25, -0.2) is 4.39 Å². The zero-order valence-corrected chi connectivity index (χ0v) is 9.71.